The molecule has 0 fully saturated rings. The fourth-order valence-electron chi connectivity index (χ4n) is 1.80. The van der Waals surface area contributed by atoms with Gasteiger partial charge in [-0.2, -0.15) is 5.10 Å². The normalized spacial score (nSPS) is 10.4. The third-order valence-electron chi connectivity index (χ3n) is 2.87. The van der Waals surface area contributed by atoms with Gasteiger partial charge in [-0.1, -0.05) is 23.7 Å². The van der Waals surface area contributed by atoms with Crippen LogP contribution in [-0.2, 0) is 0 Å². The molecule has 24 heavy (non-hydrogen) atoms. The maximum atomic E-state index is 12.2. The van der Waals surface area contributed by atoms with Crippen LogP contribution < -0.4 is 20.6 Å². The molecule has 0 radical (unpaired) electrons. The number of esters is 1. The summed E-state index contributed by atoms with van der Waals surface area (Å²) in [6, 6.07) is 10.5. The fourth-order valence-corrected chi connectivity index (χ4v) is 2.01. The van der Waals surface area contributed by atoms with Crippen LogP contribution >= 0.6 is 11.6 Å². The number of hydrogen-bond donors (Lipinski definition) is 2. The van der Waals surface area contributed by atoms with Crippen LogP contribution in [0.4, 0.5) is 4.79 Å². The Morgan fingerprint density at radius 2 is 1.96 bits per heavy atom. The molecular formula is C16H14ClN3O4. The number of benzene rings is 2. The second-order valence-corrected chi connectivity index (χ2v) is 4.92. The number of nitrogens with two attached hydrogens (primary N) is 1. The van der Waals surface area contributed by atoms with Gasteiger partial charge in [0.1, 0.15) is 0 Å². The van der Waals surface area contributed by atoms with E-state index in [-0.39, 0.29) is 11.3 Å². The highest BCUT2D eigenvalue weighted by Gasteiger charge is 2.15. The van der Waals surface area contributed by atoms with E-state index in [1.54, 1.807) is 42.5 Å². The molecule has 124 valence electrons. The summed E-state index contributed by atoms with van der Waals surface area (Å²) in [5.74, 6) is -0.0587. The molecule has 0 aliphatic carbocycles. The maximum absolute atomic E-state index is 12.2. The molecule has 2 aromatic carbocycles. The van der Waals surface area contributed by atoms with E-state index in [9.17, 15) is 9.59 Å². The van der Waals surface area contributed by atoms with Crippen molar-refractivity contribution in [2.75, 3.05) is 7.11 Å². The Labute approximate surface area is 143 Å². The summed E-state index contributed by atoms with van der Waals surface area (Å²) in [6.07, 6.45) is 1.37. The number of hydrogen-bond acceptors (Lipinski definition) is 5. The van der Waals surface area contributed by atoms with Gasteiger partial charge in [0.25, 0.3) is 0 Å². The van der Waals surface area contributed by atoms with Crippen molar-refractivity contribution in [1.82, 2.24) is 5.43 Å². The number of nitrogens with zero attached hydrogens (tertiary/aromatic N) is 1. The first-order valence-electron chi connectivity index (χ1n) is 6.74. The number of nitrogens with one attached hydrogen (secondary N) is 1. The highest BCUT2D eigenvalue weighted by atomic mass is 35.5. The largest absolute Gasteiger partial charge is 0.493 e. The van der Waals surface area contributed by atoms with E-state index >= 15 is 0 Å². The first-order chi connectivity index (χ1) is 11.5. The van der Waals surface area contributed by atoms with E-state index in [1.807, 2.05) is 0 Å². The van der Waals surface area contributed by atoms with Crippen LogP contribution in [0, 0.1) is 0 Å². The van der Waals surface area contributed by atoms with Crippen LogP contribution in [0.2, 0.25) is 5.02 Å². The third kappa shape index (κ3) is 4.47. The van der Waals surface area contributed by atoms with E-state index in [4.69, 9.17) is 26.8 Å². The Kier molecular flexibility index (Phi) is 5.75. The summed E-state index contributed by atoms with van der Waals surface area (Å²) in [6.45, 7) is 0. The summed E-state index contributed by atoms with van der Waals surface area (Å²) in [5, 5.41) is 3.93. The number of amides is 2. The van der Waals surface area contributed by atoms with Gasteiger partial charge < -0.3 is 15.2 Å². The number of methoxy groups -OCH3 is 1. The molecule has 0 bridgehead atoms. The summed E-state index contributed by atoms with van der Waals surface area (Å²) in [7, 11) is 1.44. The minimum absolute atomic E-state index is 0.224. The van der Waals surface area contributed by atoms with Gasteiger partial charge in [0.05, 0.1) is 23.9 Å². The SMILES string of the molecule is COc1cc(C=NNC(N)=O)ccc1OC(=O)c1ccccc1Cl. The van der Waals surface area contributed by atoms with Gasteiger partial charge in [-0.15, -0.1) is 0 Å². The van der Waals surface area contributed by atoms with Gasteiger partial charge in [0.2, 0.25) is 0 Å². The molecule has 0 aliphatic rings. The smallest absolute Gasteiger partial charge is 0.345 e. The van der Waals surface area contributed by atoms with Crippen LogP contribution in [0.5, 0.6) is 11.5 Å². The minimum Gasteiger partial charge on any atom is -0.493 e. The third-order valence-corrected chi connectivity index (χ3v) is 3.20. The molecule has 2 rings (SSSR count). The van der Waals surface area contributed by atoms with Gasteiger partial charge in [0.15, 0.2) is 11.5 Å². The van der Waals surface area contributed by atoms with Gasteiger partial charge in [-0.05, 0) is 35.9 Å². The monoisotopic (exact) mass is 347 g/mol. The molecule has 0 saturated carbocycles. The molecule has 0 spiro atoms. The molecule has 0 unspecified atom stereocenters. The van der Waals surface area contributed by atoms with Crippen molar-refractivity contribution < 1.29 is 19.1 Å². The molecule has 7 nitrogen and oxygen atoms in total. The van der Waals surface area contributed by atoms with Crippen LogP contribution in [0.25, 0.3) is 0 Å². The average molecular weight is 348 g/mol. The lowest BCUT2D eigenvalue weighted by Crippen LogP contribution is -2.24. The van der Waals surface area contributed by atoms with Crippen molar-refractivity contribution in [3.63, 3.8) is 0 Å². The van der Waals surface area contributed by atoms with Crippen LogP contribution in [0.1, 0.15) is 15.9 Å². The number of ether oxygens (including phenoxy) is 2. The molecule has 0 atom stereocenters. The van der Waals surface area contributed by atoms with Gasteiger partial charge >= 0.3 is 12.0 Å². The second kappa shape index (κ2) is 7.98. The lowest BCUT2D eigenvalue weighted by Gasteiger charge is -2.10. The minimum atomic E-state index is -0.775. The number of halogens is 1. The maximum Gasteiger partial charge on any atom is 0.345 e. The average Bonchev–Trinajstić information content (AvgIpc) is 2.56. The lowest BCUT2D eigenvalue weighted by atomic mass is 10.2. The quantitative estimate of drug-likeness (QED) is 0.375. The number of urea groups is 1. The summed E-state index contributed by atoms with van der Waals surface area (Å²) < 4.78 is 10.5. The van der Waals surface area contributed by atoms with E-state index in [0.717, 1.165) is 0 Å². The number of hydrazone groups is 1. The van der Waals surface area contributed by atoms with Gasteiger partial charge in [-0.25, -0.2) is 15.0 Å². The Bertz CT molecular complexity index is 793. The predicted molar refractivity (Wildman–Crippen MR) is 89.7 cm³/mol. The van der Waals surface area contributed by atoms with Crippen molar-refractivity contribution >= 4 is 29.8 Å². The molecule has 0 heterocycles. The van der Waals surface area contributed by atoms with Crippen molar-refractivity contribution in [3.8, 4) is 11.5 Å². The zero-order valence-electron chi connectivity index (χ0n) is 12.7. The molecule has 8 heteroatoms. The fraction of sp³-hybridized carbons (Fsp3) is 0.0625. The number of carbonyl (C=O) groups excluding carboxylic acids is 2. The first-order valence-corrected chi connectivity index (χ1v) is 7.12. The molecule has 0 aliphatic heterocycles. The molecular weight excluding hydrogens is 334 g/mol. The second-order valence-electron chi connectivity index (χ2n) is 4.51. The number of primary amides is 1. The Hall–Kier alpha value is -3.06. The van der Waals surface area contributed by atoms with E-state index < -0.39 is 12.0 Å². The van der Waals surface area contributed by atoms with Gasteiger partial charge in [-0.3, -0.25) is 0 Å². The summed E-state index contributed by atoms with van der Waals surface area (Å²) >= 11 is 5.97. The Morgan fingerprint density at radius 3 is 2.62 bits per heavy atom. The topological polar surface area (TPSA) is 103 Å². The molecule has 0 aromatic heterocycles. The highest BCUT2D eigenvalue weighted by Crippen LogP contribution is 2.29. The van der Waals surface area contributed by atoms with Crippen molar-refractivity contribution in [3.05, 3.63) is 58.6 Å². The predicted octanol–water partition coefficient (Wildman–Crippen LogP) is 2.57. The summed E-state index contributed by atoms with van der Waals surface area (Å²) in [5.41, 5.74) is 7.83. The van der Waals surface area contributed by atoms with Crippen molar-refractivity contribution in [2.24, 2.45) is 10.8 Å². The zero-order chi connectivity index (χ0) is 17.5. The Morgan fingerprint density at radius 1 is 1.21 bits per heavy atom. The van der Waals surface area contributed by atoms with Gasteiger partial charge in [0, 0.05) is 0 Å². The molecule has 2 amide bonds. The van der Waals surface area contributed by atoms with Crippen molar-refractivity contribution in [1.29, 1.82) is 0 Å². The zero-order valence-corrected chi connectivity index (χ0v) is 13.4. The lowest BCUT2D eigenvalue weighted by molar-refractivity contribution is 0.0730. The standard InChI is InChI=1S/C16H14ClN3O4/c1-23-14-8-10(9-19-20-16(18)22)6-7-13(14)24-15(21)11-4-2-3-5-12(11)17/h2-9H,1H3,(H3,18,20,22). The van der Waals surface area contributed by atoms with E-state index in [2.05, 4.69) is 10.5 Å². The van der Waals surface area contributed by atoms with Crippen LogP contribution in [0.3, 0.4) is 0 Å². The Balaban J connectivity index is 2.19. The van der Waals surface area contributed by atoms with E-state index in [1.165, 1.54) is 13.3 Å². The van der Waals surface area contributed by atoms with Crippen LogP contribution in [-0.4, -0.2) is 25.3 Å². The molecule has 3 N–H and O–H groups in total. The van der Waals surface area contributed by atoms with Crippen LogP contribution in [0.15, 0.2) is 47.6 Å². The highest BCUT2D eigenvalue weighted by molar-refractivity contribution is 6.33. The number of rotatable bonds is 5. The molecule has 0 saturated heterocycles. The number of carbonyl (C=O) groups is 2. The van der Waals surface area contributed by atoms with E-state index in [0.29, 0.717) is 16.3 Å². The molecule has 2 aromatic rings. The summed E-state index contributed by atoms with van der Waals surface area (Å²) in [4.78, 5) is 22.7. The first kappa shape index (κ1) is 17.3. The van der Waals surface area contributed by atoms with Crippen molar-refractivity contribution in [2.45, 2.75) is 0 Å².